The standard InChI is InChI=1S/C10H15N3O/c1-8-10(2-5-14-8)13-7-9-6-11-3-4-12-9/h3-4,6,8,10,13H,2,5,7H2,1H3. The summed E-state index contributed by atoms with van der Waals surface area (Å²) in [7, 11) is 0. The highest BCUT2D eigenvalue weighted by Crippen LogP contribution is 2.12. The average molecular weight is 193 g/mol. The number of hydrogen-bond acceptors (Lipinski definition) is 4. The Morgan fingerprint density at radius 1 is 1.57 bits per heavy atom. The van der Waals surface area contributed by atoms with E-state index in [0.717, 1.165) is 25.3 Å². The summed E-state index contributed by atoms with van der Waals surface area (Å²) >= 11 is 0. The lowest BCUT2D eigenvalue weighted by molar-refractivity contribution is 0.113. The van der Waals surface area contributed by atoms with E-state index in [4.69, 9.17) is 4.74 Å². The largest absolute Gasteiger partial charge is 0.377 e. The summed E-state index contributed by atoms with van der Waals surface area (Å²) in [6.07, 6.45) is 6.58. The van der Waals surface area contributed by atoms with Crippen molar-refractivity contribution in [2.24, 2.45) is 0 Å². The zero-order valence-electron chi connectivity index (χ0n) is 8.31. The molecule has 4 heteroatoms. The lowest BCUT2D eigenvalue weighted by Gasteiger charge is -2.15. The number of aromatic nitrogens is 2. The first-order valence-corrected chi connectivity index (χ1v) is 4.96. The first-order chi connectivity index (χ1) is 6.86. The van der Waals surface area contributed by atoms with Crippen LogP contribution in [0.25, 0.3) is 0 Å². The maximum Gasteiger partial charge on any atom is 0.0724 e. The molecule has 0 amide bonds. The van der Waals surface area contributed by atoms with Crippen LogP contribution in [0.1, 0.15) is 19.0 Å². The summed E-state index contributed by atoms with van der Waals surface area (Å²) in [5.74, 6) is 0. The molecule has 76 valence electrons. The zero-order valence-corrected chi connectivity index (χ0v) is 8.31. The molecule has 14 heavy (non-hydrogen) atoms. The summed E-state index contributed by atoms with van der Waals surface area (Å²) in [5.41, 5.74) is 0.978. The first-order valence-electron chi connectivity index (χ1n) is 4.96. The molecule has 1 aromatic rings. The van der Waals surface area contributed by atoms with E-state index >= 15 is 0 Å². The van der Waals surface area contributed by atoms with Crippen molar-refractivity contribution >= 4 is 0 Å². The van der Waals surface area contributed by atoms with E-state index < -0.39 is 0 Å². The molecule has 0 aliphatic carbocycles. The van der Waals surface area contributed by atoms with Crippen LogP contribution in [-0.2, 0) is 11.3 Å². The van der Waals surface area contributed by atoms with Gasteiger partial charge in [0.25, 0.3) is 0 Å². The van der Waals surface area contributed by atoms with Gasteiger partial charge in [0.05, 0.1) is 11.8 Å². The lowest BCUT2D eigenvalue weighted by Crippen LogP contribution is -2.34. The van der Waals surface area contributed by atoms with Crippen molar-refractivity contribution in [2.45, 2.75) is 32.0 Å². The molecular weight excluding hydrogens is 178 g/mol. The number of ether oxygens (including phenoxy) is 1. The Kier molecular flexibility index (Phi) is 3.06. The second kappa shape index (κ2) is 4.48. The van der Waals surface area contributed by atoms with E-state index in [1.807, 2.05) is 0 Å². The van der Waals surface area contributed by atoms with Gasteiger partial charge in [-0.05, 0) is 13.3 Å². The third kappa shape index (κ3) is 2.27. The Morgan fingerprint density at radius 3 is 3.14 bits per heavy atom. The van der Waals surface area contributed by atoms with Gasteiger partial charge in [0, 0.05) is 37.8 Å². The van der Waals surface area contributed by atoms with Gasteiger partial charge in [-0.15, -0.1) is 0 Å². The molecule has 0 radical (unpaired) electrons. The molecule has 0 spiro atoms. The van der Waals surface area contributed by atoms with E-state index in [2.05, 4.69) is 22.2 Å². The molecule has 2 unspecified atom stereocenters. The highest BCUT2D eigenvalue weighted by atomic mass is 16.5. The molecule has 1 aliphatic rings. The van der Waals surface area contributed by atoms with Gasteiger partial charge in [-0.1, -0.05) is 0 Å². The topological polar surface area (TPSA) is 47.0 Å². The van der Waals surface area contributed by atoms with Crippen LogP contribution in [0.2, 0.25) is 0 Å². The molecule has 2 rings (SSSR count). The second-order valence-electron chi connectivity index (χ2n) is 3.55. The van der Waals surface area contributed by atoms with Crippen molar-refractivity contribution < 1.29 is 4.74 Å². The van der Waals surface area contributed by atoms with Crippen LogP contribution in [0.4, 0.5) is 0 Å². The van der Waals surface area contributed by atoms with Gasteiger partial charge in [-0.25, -0.2) is 0 Å². The van der Waals surface area contributed by atoms with Crippen molar-refractivity contribution in [2.75, 3.05) is 6.61 Å². The maximum atomic E-state index is 5.46. The van der Waals surface area contributed by atoms with Gasteiger partial charge in [0.2, 0.25) is 0 Å². The fourth-order valence-corrected chi connectivity index (χ4v) is 1.66. The SMILES string of the molecule is CC1OCCC1NCc1cnccn1. The van der Waals surface area contributed by atoms with Crippen LogP contribution in [0, 0.1) is 0 Å². The number of hydrogen-bond donors (Lipinski definition) is 1. The molecule has 1 fully saturated rings. The number of nitrogens with zero attached hydrogens (tertiary/aromatic N) is 2. The van der Waals surface area contributed by atoms with Crippen molar-refractivity contribution in [3.63, 3.8) is 0 Å². The fraction of sp³-hybridized carbons (Fsp3) is 0.600. The normalized spacial score (nSPS) is 26.6. The van der Waals surface area contributed by atoms with Gasteiger partial charge < -0.3 is 10.1 Å². The van der Waals surface area contributed by atoms with Gasteiger partial charge >= 0.3 is 0 Å². The molecule has 0 saturated carbocycles. The highest BCUT2D eigenvalue weighted by Gasteiger charge is 2.23. The molecule has 2 heterocycles. The summed E-state index contributed by atoms with van der Waals surface area (Å²) in [4.78, 5) is 8.21. The minimum Gasteiger partial charge on any atom is -0.377 e. The van der Waals surface area contributed by atoms with Crippen LogP contribution in [0.15, 0.2) is 18.6 Å². The summed E-state index contributed by atoms with van der Waals surface area (Å²) in [6.45, 7) is 3.73. The smallest absolute Gasteiger partial charge is 0.0724 e. The predicted molar refractivity (Wildman–Crippen MR) is 52.7 cm³/mol. The van der Waals surface area contributed by atoms with Crippen molar-refractivity contribution in [1.29, 1.82) is 0 Å². The van der Waals surface area contributed by atoms with Gasteiger partial charge in [0.15, 0.2) is 0 Å². The molecule has 4 nitrogen and oxygen atoms in total. The Balaban J connectivity index is 1.82. The van der Waals surface area contributed by atoms with Crippen molar-refractivity contribution in [1.82, 2.24) is 15.3 Å². The Hall–Kier alpha value is -1.00. The van der Waals surface area contributed by atoms with E-state index in [0.29, 0.717) is 12.1 Å². The Labute approximate surface area is 83.7 Å². The maximum absolute atomic E-state index is 5.46. The highest BCUT2D eigenvalue weighted by molar-refractivity contribution is 4.95. The third-order valence-electron chi connectivity index (χ3n) is 2.54. The van der Waals surface area contributed by atoms with E-state index in [1.165, 1.54) is 0 Å². The van der Waals surface area contributed by atoms with Crippen LogP contribution in [0.5, 0.6) is 0 Å². The minimum atomic E-state index is 0.312. The van der Waals surface area contributed by atoms with Crippen molar-refractivity contribution in [3.05, 3.63) is 24.3 Å². The van der Waals surface area contributed by atoms with Crippen LogP contribution in [-0.4, -0.2) is 28.7 Å². The fourth-order valence-electron chi connectivity index (χ4n) is 1.66. The molecular formula is C10H15N3O. The summed E-state index contributed by atoms with van der Waals surface area (Å²) < 4.78 is 5.46. The van der Waals surface area contributed by atoms with Gasteiger partial charge in [-0.2, -0.15) is 0 Å². The molecule has 0 bridgehead atoms. The predicted octanol–water partition coefficient (Wildman–Crippen LogP) is 0.744. The summed E-state index contributed by atoms with van der Waals surface area (Å²) in [6, 6.07) is 0.456. The van der Waals surface area contributed by atoms with Crippen LogP contribution in [0.3, 0.4) is 0 Å². The average Bonchev–Trinajstić information content (AvgIpc) is 2.63. The first kappa shape index (κ1) is 9.55. The van der Waals surface area contributed by atoms with Crippen LogP contribution < -0.4 is 5.32 Å². The van der Waals surface area contributed by atoms with E-state index in [1.54, 1.807) is 18.6 Å². The van der Waals surface area contributed by atoms with Gasteiger partial charge in [-0.3, -0.25) is 9.97 Å². The molecule has 1 saturated heterocycles. The number of nitrogens with one attached hydrogen (secondary N) is 1. The van der Waals surface area contributed by atoms with E-state index in [-0.39, 0.29) is 0 Å². The summed E-state index contributed by atoms with van der Waals surface area (Å²) in [5, 5.41) is 3.42. The molecule has 1 aliphatic heterocycles. The minimum absolute atomic E-state index is 0.312. The Bertz CT molecular complexity index is 278. The molecule has 2 atom stereocenters. The Morgan fingerprint density at radius 2 is 2.50 bits per heavy atom. The molecule has 0 aromatic carbocycles. The number of rotatable bonds is 3. The molecule has 1 aromatic heterocycles. The lowest BCUT2D eigenvalue weighted by atomic mass is 10.1. The molecule has 1 N–H and O–H groups in total. The zero-order chi connectivity index (χ0) is 9.80. The monoisotopic (exact) mass is 193 g/mol. The van der Waals surface area contributed by atoms with Gasteiger partial charge in [0.1, 0.15) is 0 Å². The quantitative estimate of drug-likeness (QED) is 0.769. The van der Waals surface area contributed by atoms with Crippen molar-refractivity contribution in [3.8, 4) is 0 Å². The van der Waals surface area contributed by atoms with Crippen LogP contribution >= 0.6 is 0 Å². The second-order valence-corrected chi connectivity index (χ2v) is 3.55. The van der Waals surface area contributed by atoms with E-state index in [9.17, 15) is 0 Å². The third-order valence-corrected chi connectivity index (χ3v) is 2.54.